The number of nitrogens with two attached hydrogens (primary N) is 1. The van der Waals surface area contributed by atoms with Crippen LogP contribution in [0.2, 0.25) is 0 Å². The molecule has 0 radical (unpaired) electrons. The van der Waals surface area contributed by atoms with Gasteiger partial charge in [-0.2, -0.15) is 0 Å². The summed E-state index contributed by atoms with van der Waals surface area (Å²) < 4.78 is 0. The average Bonchev–Trinajstić information content (AvgIpc) is 2.58. The first-order valence-corrected chi connectivity index (χ1v) is 8.71. The largest absolute Gasteiger partial charge is 0.398 e. The summed E-state index contributed by atoms with van der Waals surface area (Å²) in [6.07, 6.45) is 24.5. The Labute approximate surface area is 147 Å². The summed E-state index contributed by atoms with van der Waals surface area (Å²) in [4.78, 5) is 0. The molecular weight excluding hydrogens is 290 g/mol. The molecule has 126 valence electrons. The lowest BCUT2D eigenvalue weighted by molar-refractivity contribution is 0.482. The molecule has 0 aliphatic heterocycles. The van der Waals surface area contributed by atoms with E-state index in [4.69, 9.17) is 5.73 Å². The lowest BCUT2D eigenvalue weighted by Crippen LogP contribution is -2.13. The molecule has 0 heterocycles. The molecule has 2 rings (SSSR count). The van der Waals surface area contributed by atoms with Gasteiger partial charge in [0.05, 0.1) is 0 Å². The van der Waals surface area contributed by atoms with Crippen molar-refractivity contribution < 1.29 is 0 Å². The minimum atomic E-state index is 0.215. The molecule has 2 aliphatic carbocycles. The molecule has 1 heteroatoms. The van der Waals surface area contributed by atoms with E-state index in [1.54, 1.807) is 6.08 Å². The number of rotatable bonds is 5. The standard InChI is InChI=1S/C23H29N/c1-5-7-11-18(6-2)22(24)21(19-12-9-8-10-13-19)20-14-16-23(3,4)17-15-20/h5-7,9,11-16H,1,8,10,17,24H2,2-4H3/b11-7-,18-6+,22-21+. The van der Waals surface area contributed by atoms with Gasteiger partial charge >= 0.3 is 0 Å². The van der Waals surface area contributed by atoms with Gasteiger partial charge in [0.15, 0.2) is 0 Å². The lowest BCUT2D eigenvalue weighted by atomic mass is 9.80. The normalized spacial score (nSPS) is 21.4. The third kappa shape index (κ3) is 4.38. The molecule has 2 N–H and O–H groups in total. The van der Waals surface area contributed by atoms with E-state index in [0.717, 1.165) is 36.1 Å². The second-order valence-electron chi connectivity index (χ2n) is 6.95. The van der Waals surface area contributed by atoms with Crippen molar-refractivity contribution in [3.05, 3.63) is 95.3 Å². The second kappa shape index (κ2) is 8.01. The Hall–Kier alpha value is -2.28. The Morgan fingerprint density at radius 2 is 1.92 bits per heavy atom. The smallest absolute Gasteiger partial charge is 0.0469 e. The van der Waals surface area contributed by atoms with Crippen LogP contribution in [0.25, 0.3) is 0 Å². The van der Waals surface area contributed by atoms with E-state index in [2.05, 4.69) is 63.0 Å². The van der Waals surface area contributed by atoms with Gasteiger partial charge in [-0.3, -0.25) is 0 Å². The summed E-state index contributed by atoms with van der Waals surface area (Å²) >= 11 is 0. The predicted molar refractivity (Wildman–Crippen MR) is 106 cm³/mol. The van der Waals surface area contributed by atoms with Crippen molar-refractivity contribution in [1.29, 1.82) is 0 Å². The zero-order chi connectivity index (χ0) is 17.6. The van der Waals surface area contributed by atoms with Gasteiger partial charge < -0.3 is 5.73 Å². The van der Waals surface area contributed by atoms with Crippen molar-refractivity contribution in [1.82, 2.24) is 0 Å². The molecule has 0 saturated heterocycles. The lowest BCUT2D eigenvalue weighted by Gasteiger charge is -2.25. The Morgan fingerprint density at radius 3 is 2.46 bits per heavy atom. The van der Waals surface area contributed by atoms with Gasteiger partial charge in [-0.05, 0) is 48.3 Å². The second-order valence-corrected chi connectivity index (χ2v) is 6.95. The zero-order valence-electron chi connectivity index (χ0n) is 15.2. The van der Waals surface area contributed by atoms with Crippen LogP contribution < -0.4 is 5.73 Å². The van der Waals surface area contributed by atoms with Crippen molar-refractivity contribution in [2.45, 2.75) is 40.0 Å². The molecule has 0 amide bonds. The summed E-state index contributed by atoms with van der Waals surface area (Å²) in [6.45, 7) is 10.3. The van der Waals surface area contributed by atoms with E-state index in [1.165, 1.54) is 11.1 Å². The fourth-order valence-electron chi connectivity index (χ4n) is 2.94. The molecular formula is C23H29N. The molecule has 0 bridgehead atoms. The van der Waals surface area contributed by atoms with Crippen LogP contribution in [0.1, 0.15) is 40.0 Å². The van der Waals surface area contributed by atoms with Crippen LogP contribution in [0, 0.1) is 5.41 Å². The van der Waals surface area contributed by atoms with Crippen LogP contribution in [0.5, 0.6) is 0 Å². The molecule has 0 aromatic heterocycles. The molecule has 0 aromatic carbocycles. The highest BCUT2D eigenvalue weighted by atomic mass is 14.6. The topological polar surface area (TPSA) is 26.0 Å². The molecule has 24 heavy (non-hydrogen) atoms. The Kier molecular flexibility index (Phi) is 6.03. The number of hydrogen-bond donors (Lipinski definition) is 1. The Bertz CT molecular complexity index is 700. The van der Waals surface area contributed by atoms with Gasteiger partial charge in [0.2, 0.25) is 0 Å². The van der Waals surface area contributed by atoms with E-state index >= 15 is 0 Å². The maximum Gasteiger partial charge on any atom is 0.0469 e. The van der Waals surface area contributed by atoms with Gasteiger partial charge in [0.1, 0.15) is 0 Å². The molecule has 0 atom stereocenters. The maximum absolute atomic E-state index is 6.62. The molecule has 0 fully saturated rings. The summed E-state index contributed by atoms with van der Waals surface area (Å²) in [5, 5.41) is 0. The van der Waals surface area contributed by atoms with E-state index in [-0.39, 0.29) is 5.41 Å². The van der Waals surface area contributed by atoms with Gasteiger partial charge in [-0.25, -0.2) is 0 Å². The van der Waals surface area contributed by atoms with Gasteiger partial charge in [-0.1, -0.05) is 81.2 Å². The third-order valence-corrected chi connectivity index (χ3v) is 4.44. The van der Waals surface area contributed by atoms with Crippen LogP contribution in [0.4, 0.5) is 0 Å². The van der Waals surface area contributed by atoms with E-state index in [1.807, 2.05) is 19.1 Å². The van der Waals surface area contributed by atoms with Gasteiger partial charge in [0, 0.05) is 11.3 Å². The highest BCUT2D eigenvalue weighted by molar-refractivity contribution is 5.63. The first-order chi connectivity index (χ1) is 11.5. The van der Waals surface area contributed by atoms with Crippen LogP contribution >= 0.6 is 0 Å². The fraction of sp³-hybridized carbons (Fsp3) is 0.304. The van der Waals surface area contributed by atoms with Crippen molar-refractivity contribution in [2.24, 2.45) is 11.1 Å². The summed E-state index contributed by atoms with van der Waals surface area (Å²) in [7, 11) is 0. The van der Waals surface area contributed by atoms with Crippen molar-refractivity contribution >= 4 is 0 Å². The first kappa shape index (κ1) is 18.1. The number of allylic oxidation sites excluding steroid dienone is 13. The molecule has 1 nitrogen and oxygen atoms in total. The molecule has 2 aliphatic rings. The highest BCUT2D eigenvalue weighted by Crippen LogP contribution is 2.36. The maximum atomic E-state index is 6.62. The molecule has 0 spiro atoms. The SMILES string of the molecule is C=C\C=C/C(=C\C)C(/N)=C(/C1=CCCC=C1)C1=CCC(C)(C)C=C1. The summed E-state index contributed by atoms with van der Waals surface area (Å²) in [6, 6.07) is 0. The summed E-state index contributed by atoms with van der Waals surface area (Å²) in [5.41, 5.74) is 12.3. The van der Waals surface area contributed by atoms with Crippen LogP contribution in [-0.4, -0.2) is 0 Å². The van der Waals surface area contributed by atoms with Crippen molar-refractivity contribution in [3.63, 3.8) is 0 Å². The van der Waals surface area contributed by atoms with E-state index < -0.39 is 0 Å². The Balaban J connectivity index is 2.53. The van der Waals surface area contributed by atoms with Crippen molar-refractivity contribution in [3.8, 4) is 0 Å². The fourth-order valence-corrected chi connectivity index (χ4v) is 2.94. The van der Waals surface area contributed by atoms with Crippen molar-refractivity contribution in [2.75, 3.05) is 0 Å². The van der Waals surface area contributed by atoms with Gasteiger partial charge in [0.25, 0.3) is 0 Å². The third-order valence-electron chi connectivity index (χ3n) is 4.44. The van der Waals surface area contributed by atoms with Crippen LogP contribution in [-0.2, 0) is 0 Å². The minimum Gasteiger partial charge on any atom is -0.398 e. The number of hydrogen-bond acceptors (Lipinski definition) is 1. The molecule has 0 aromatic rings. The first-order valence-electron chi connectivity index (χ1n) is 8.71. The summed E-state index contributed by atoms with van der Waals surface area (Å²) in [5.74, 6) is 0. The van der Waals surface area contributed by atoms with E-state index in [0.29, 0.717) is 0 Å². The zero-order valence-corrected chi connectivity index (χ0v) is 15.2. The van der Waals surface area contributed by atoms with Crippen LogP contribution in [0.15, 0.2) is 95.3 Å². The molecule has 0 saturated carbocycles. The Morgan fingerprint density at radius 1 is 1.17 bits per heavy atom. The van der Waals surface area contributed by atoms with Gasteiger partial charge in [-0.15, -0.1) is 0 Å². The highest BCUT2D eigenvalue weighted by Gasteiger charge is 2.21. The van der Waals surface area contributed by atoms with E-state index in [9.17, 15) is 0 Å². The minimum absolute atomic E-state index is 0.215. The molecule has 0 unspecified atom stereocenters. The van der Waals surface area contributed by atoms with Crippen LogP contribution in [0.3, 0.4) is 0 Å². The monoisotopic (exact) mass is 319 g/mol. The predicted octanol–water partition coefficient (Wildman–Crippen LogP) is 6.08. The quantitative estimate of drug-likeness (QED) is 0.611. The average molecular weight is 319 g/mol.